The van der Waals surface area contributed by atoms with Gasteiger partial charge < -0.3 is 10.6 Å². The largest absolute Gasteiger partial charge is 0.355 e. The van der Waals surface area contributed by atoms with Gasteiger partial charge in [0.05, 0.1) is 6.54 Å². The van der Waals surface area contributed by atoms with E-state index in [9.17, 15) is 0 Å². The Labute approximate surface area is 132 Å². The molecule has 5 heteroatoms. The second kappa shape index (κ2) is 8.39. The van der Waals surface area contributed by atoms with Gasteiger partial charge in [0.15, 0.2) is 5.96 Å². The highest BCUT2D eigenvalue weighted by Crippen LogP contribution is 2.17. The molecule has 0 spiro atoms. The van der Waals surface area contributed by atoms with Crippen LogP contribution in [-0.2, 0) is 6.54 Å². The minimum Gasteiger partial charge on any atom is -0.355 e. The van der Waals surface area contributed by atoms with E-state index in [0.717, 1.165) is 25.0 Å². The molecule has 0 aliphatic carbocycles. The maximum Gasteiger partial charge on any atom is 0.191 e. The fourth-order valence-electron chi connectivity index (χ4n) is 2.85. The van der Waals surface area contributed by atoms with Gasteiger partial charge in [0, 0.05) is 31.1 Å². The van der Waals surface area contributed by atoms with E-state index in [1.807, 2.05) is 7.05 Å². The molecule has 0 bridgehead atoms. The number of hydrogen-bond donors (Lipinski definition) is 2. The summed E-state index contributed by atoms with van der Waals surface area (Å²) in [5.74, 6) is 1.64. The topological polar surface area (TPSA) is 39.7 Å². The van der Waals surface area contributed by atoms with Gasteiger partial charge in [-0.1, -0.05) is 19.9 Å². The van der Waals surface area contributed by atoms with Crippen molar-refractivity contribution in [1.82, 2.24) is 15.5 Å². The third kappa shape index (κ3) is 5.32. The molecule has 0 aromatic carbocycles. The number of nitrogens with zero attached hydrogens (tertiary/aromatic N) is 2. The molecule has 21 heavy (non-hydrogen) atoms. The summed E-state index contributed by atoms with van der Waals surface area (Å²) >= 11 is 1.77. The van der Waals surface area contributed by atoms with Gasteiger partial charge in [-0.15, -0.1) is 11.3 Å². The van der Waals surface area contributed by atoms with Crippen molar-refractivity contribution in [1.29, 1.82) is 0 Å². The van der Waals surface area contributed by atoms with Crippen LogP contribution < -0.4 is 10.6 Å². The molecular formula is C16H28N4S. The fourth-order valence-corrected chi connectivity index (χ4v) is 3.50. The Hall–Kier alpha value is -1.07. The third-order valence-electron chi connectivity index (χ3n) is 3.84. The summed E-state index contributed by atoms with van der Waals surface area (Å²) in [4.78, 5) is 8.26. The molecule has 1 aliphatic rings. The summed E-state index contributed by atoms with van der Waals surface area (Å²) in [7, 11) is 1.84. The number of nitrogens with one attached hydrogen (secondary N) is 2. The average Bonchev–Trinajstić information content (AvgIpc) is 3.10. The molecule has 2 rings (SSSR count). The lowest BCUT2D eigenvalue weighted by atomic mass is 10.1. The first-order chi connectivity index (χ1) is 10.2. The van der Waals surface area contributed by atoms with Crippen LogP contribution in [0.15, 0.2) is 22.5 Å². The molecule has 1 saturated heterocycles. The van der Waals surface area contributed by atoms with Crippen molar-refractivity contribution >= 4 is 17.3 Å². The Kier molecular flexibility index (Phi) is 6.51. The third-order valence-corrected chi connectivity index (χ3v) is 4.71. The van der Waals surface area contributed by atoms with Crippen molar-refractivity contribution in [2.24, 2.45) is 10.9 Å². The number of hydrogen-bond acceptors (Lipinski definition) is 3. The van der Waals surface area contributed by atoms with Crippen LogP contribution in [0.2, 0.25) is 0 Å². The van der Waals surface area contributed by atoms with Crippen LogP contribution in [0.25, 0.3) is 0 Å². The maximum atomic E-state index is 4.31. The van der Waals surface area contributed by atoms with E-state index in [4.69, 9.17) is 0 Å². The number of aliphatic imine (C=N–C) groups is 1. The van der Waals surface area contributed by atoms with Gasteiger partial charge in [0.2, 0.25) is 0 Å². The number of likely N-dealkylation sites (tertiary alicyclic amines) is 1. The molecule has 1 aromatic heterocycles. The quantitative estimate of drug-likeness (QED) is 0.627. The van der Waals surface area contributed by atoms with Gasteiger partial charge in [0.25, 0.3) is 0 Å². The Balaban J connectivity index is 1.74. The van der Waals surface area contributed by atoms with Crippen molar-refractivity contribution in [3.63, 3.8) is 0 Å². The second-order valence-corrected chi connectivity index (χ2v) is 7.10. The predicted molar refractivity (Wildman–Crippen MR) is 92.0 cm³/mol. The minimum atomic E-state index is 0.646. The number of rotatable bonds is 6. The van der Waals surface area contributed by atoms with E-state index in [0.29, 0.717) is 6.04 Å². The normalized spacial score (nSPS) is 20.2. The van der Waals surface area contributed by atoms with Gasteiger partial charge in [-0.25, -0.2) is 0 Å². The van der Waals surface area contributed by atoms with E-state index >= 15 is 0 Å². The molecule has 118 valence electrons. The van der Waals surface area contributed by atoms with Crippen molar-refractivity contribution in [2.45, 2.75) is 39.3 Å². The molecule has 1 atom stereocenters. The lowest BCUT2D eigenvalue weighted by Gasteiger charge is -2.27. The number of guanidine groups is 1. The summed E-state index contributed by atoms with van der Waals surface area (Å²) in [5.41, 5.74) is 0. The molecule has 0 saturated carbocycles. The molecule has 4 nitrogen and oxygen atoms in total. The Morgan fingerprint density at radius 1 is 1.48 bits per heavy atom. The van der Waals surface area contributed by atoms with Crippen LogP contribution in [0.1, 0.15) is 31.6 Å². The molecule has 1 aliphatic heterocycles. The zero-order valence-corrected chi connectivity index (χ0v) is 14.2. The van der Waals surface area contributed by atoms with Crippen LogP contribution in [0.3, 0.4) is 0 Å². The molecule has 0 amide bonds. The first-order valence-electron chi connectivity index (χ1n) is 7.90. The van der Waals surface area contributed by atoms with Crippen LogP contribution >= 0.6 is 11.3 Å². The zero-order chi connectivity index (χ0) is 15.1. The van der Waals surface area contributed by atoms with Gasteiger partial charge in [0.1, 0.15) is 0 Å². The summed E-state index contributed by atoms with van der Waals surface area (Å²) in [6.45, 7) is 8.86. The van der Waals surface area contributed by atoms with E-state index in [1.165, 1.54) is 30.8 Å². The standard InChI is InChI=1S/C16H28N4S/c1-13(2)12-20-8-4-6-14(20)10-18-16(17-3)19-11-15-7-5-9-21-15/h5,7,9,13-14H,4,6,8,10-12H2,1-3H3,(H2,17,18,19)/t14-/m1/s1. The van der Waals surface area contributed by atoms with Crippen LogP contribution in [-0.4, -0.2) is 43.6 Å². The van der Waals surface area contributed by atoms with Gasteiger partial charge >= 0.3 is 0 Å². The van der Waals surface area contributed by atoms with Gasteiger partial charge in [-0.3, -0.25) is 9.89 Å². The van der Waals surface area contributed by atoms with Gasteiger partial charge in [-0.2, -0.15) is 0 Å². The van der Waals surface area contributed by atoms with E-state index < -0.39 is 0 Å². The molecule has 2 N–H and O–H groups in total. The average molecular weight is 308 g/mol. The smallest absolute Gasteiger partial charge is 0.191 e. The molecule has 0 unspecified atom stereocenters. The lowest BCUT2D eigenvalue weighted by Crippen LogP contribution is -2.45. The molecule has 2 heterocycles. The van der Waals surface area contributed by atoms with Crippen molar-refractivity contribution in [3.8, 4) is 0 Å². The van der Waals surface area contributed by atoms with Crippen LogP contribution in [0.5, 0.6) is 0 Å². The Morgan fingerprint density at radius 3 is 3.00 bits per heavy atom. The molecule has 1 fully saturated rings. The summed E-state index contributed by atoms with van der Waals surface area (Å²) in [5, 5.41) is 8.97. The summed E-state index contributed by atoms with van der Waals surface area (Å²) < 4.78 is 0. The SMILES string of the molecule is CN=C(NCc1cccs1)NC[C@H]1CCCN1CC(C)C. The Bertz CT molecular complexity index is 427. The highest BCUT2D eigenvalue weighted by atomic mass is 32.1. The predicted octanol–water partition coefficient (Wildman–Crippen LogP) is 2.53. The maximum absolute atomic E-state index is 4.31. The highest BCUT2D eigenvalue weighted by molar-refractivity contribution is 7.09. The van der Waals surface area contributed by atoms with Crippen molar-refractivity contribution < 1.29 is 0 Å². The summed E-state index contributed by atoms with van der Waals surface area (Å²) in [6.07, 6.45) is 2.61. The van der Waals surface area contributed by atoms with E-state index in [1.54, 1.807) is 11.3 Å². The van der Waals surface area contributed by atoms with Crippen LogP contribution in [0.4, 0.5) is 0 Å². The minimum absolute atomic E-state index is 0.646. The number of thiophene rings is 1. The first-order valence-corrected chi connectivity index (χ1v) is 8.78. The van der Waals surface area contributed by atoms with E-state index in [-0.39, 0.29) is 0 Å². The first kappa shape index (κ1) is 16.3. The monoisotopic (exact) mass is 308 g/mol. The second-order valence-electron chi connectivity index (χ2n) is 6.07. The fraction of sp³-hybridized carbons (Fsp3) is 0.688. The molecule has 1 aromatic rings. The summed E-state index contributed by atoms with van der Waals surface area (Å²) in [6, 6.07) is 4.87. The molecule has 0 radical (unpaired) electrons. The zero-order valence-electron chi connectivity index (χ0n) is 13.4. The van der Waals surface area contributed by atoms with Crippen LogP contribution in [0, 0.1) is 5.92 Å². The Morgan fingerprint density at radius 2 is 2.33 bits per heavy atom. The highest BCUT2D eigenvalue weighted by Gasteiger charge is 2.24. The van der Waals surface area contributed by atoms with Crippen molar-refractivity contribution in [3.05, 3.63) is 22.4 Å². The molecular weight excluding hydrogens is 280 g/mol. The van der Waals surface area contributed by atoms with Gasteiger partial charge in [-0.05, 0) is 36.8 Å². The lowest BCUT2D eigenvalue weighted by molar-refractivity contribution is 0.226. The van der Waals surface area contributed by atoms with E-state index in [2.05, 4.69) is 51.9 Å². The van der Waals surface area contributed by atoms with Crippen molar-refractivity contribution in [2.75, 3.05) is 26.7 Å².